The molecule has 2 heteroatoms. The second kappa shape index (κ2) is 30.2. The largest absolute Gasteiger partial charge is 0.400 e. The first-order valence-electron chi connectivity index (χ1n) is 2.36. The third-order valence-corrected chi connectivity index (χ3v) is 0. The van der Waals surface area contributed by atoms with Gasteiger partial charge in [-0.1, -0.05) is 0 Å². The molecule has 0 heterocycles. The van der Waals surface area contributed by atoms with E-state index in [0.29, 0.717) is 0 Å². The maximum Gasteiger partial charge on any atom is 0.0483 e. The Kier molecular flexibility index (Phi) is 59.0. The third kappa shape index (κ3) is 1060. The molecule has 0 bridgehead atoms. The van der Waals surface area contributed by atoms with Crippen molar-refractivity contribution in [3.05, 3.63) is 13.2 Å². The monoisotopic (exact) mass is 120 g/mol. The van der Waals surface area contributed by atoms with Gasteiger partial charge in [0.2, 0.25) is 0 Å². The van der Waals surface area contributed by atoms with Crippen LogP contribution < -0.4 is 0 Å². The molecule has 0 atom stereocenters. The lowest BCUT2D eigenvalue weighted by Gasteiger charge is -1.80. The van der Waals surface area contributed by atoms with Gasteiger partial charge < -0.3 is 10.2 Å². The SMILES string of the molecule is C=C.CC(C)O.CO. The topological polar surface area (TPSA) is 40.5 Å². The Morgan fingerprint density at radius 3 is 1.12 bits per heavy atom. The summed E-state index contributed by atoms with van der Waals surface area (Å²) in [6.45, 7) is 9.44. The van der Waals surface area contributed by atoms with Crippen molar-refractivity contribution in [1.29, 1.82) is 0 Å². The van der Waals surface area contributed by atoms with Crippen LogP contribution >= 0.6 is 0 Å². The van der Waals surface area contributed by atoms with Crippen LogP contribution in [0, 0.1) is 0 Å². The van der Waals surface area contributed by atoms with Gasteiger partial charge in [-0.2, -0.15) is 0 Å². The highest BCUT2D eigenvalue weighted by molar-refractivity contribution is 4.22. The summed E-state index contributed by atoms with van der Waals surface area (Å²) in [6.07, 6.45) is -0.167. The van der Waals surface area contributed by atoms with Gasteiger partial charge in [-0.3, -0.25) is 0 Å². The Bertz CT molecular complexity index is 17.7. The highest BCUT2D eigenvalue weighted by Crippen LogP contribution is 1.65. The Balaban J connectivity index is -0.0000000542. The lowest BCUT2D eigenvalue weighted by molar-refractivity contribution is 0.216. The van der Waals surface area contributed by atoms with Gasteiger partial charge in [0, 0.05) is 13.2 Å². The van der Waals surface area contributed by atoms with E-state index in [1.54, 1.807) is 13.8 Å². The van der Waals surface area contributed by atoms with Crippen molar-refractivity contribution in [2.75, 3.05) is 7.11 Å². The van der Waals surface area contributed by atoms with Crippen LogP contribution in [-0.4, -0.2) is 23.4 Å². The smallest absolute Gasteiger partial charge is 0.0483 e. The van der Waals surface area contributed by atoms with Gasteiger partial charge in [0.05, 0.1) is 0 Å². The lowest BCUT2D eigenvalue weighted by Crippen LogP contribution is -1.85. The fourth-order valence-corrected chi connectivity index (χ4v) is 0. The first-order chi connectivity index (χ1) is 3.73. The zero-order valence-corrected chi connectivity index (χ0v) is 5.89. The minimum Gasteiger partial charge on any atom is -0.400 e. The van der Waals surface area contributed by atoms with Gasteiger partial charge in [0.15, 0.2) is 0 Å². The molecule has 0 rings (SSSR count). The number of rotatable bonds is 0. The highest BCUT2D eigenvalue weighted by Gasteiger charge is 1.69. The number of hydrogen-bond donors (Lipinski definition) is 2. The average Bonchev–Trinajstić information content (AvgIpc) is 1.75. The normalized spacial score (nSPS) is 5.75. The minimum absolute atomic E-state index is 0.167. The summed E-state index contributed by atoms with van der Waals surface area (Å²) in [4.78, 5) is 0. The summed E-state index contributed by atoms with van der Waals surface area (Å²) in [5.41, 5.74) is 0. The summed E-state index contributed by atoms with van der Waals surface area (Å²) >= 11 is 0. The Labute approximate surface area is 51.5 Å². The van der Waals surface area contributed by atoms with Gasteiger partial charge in [-0.25, -0.2) is 0 Å². The molecule has 2 nitrogen and oxygen atoms in total. The van der Waals surface area contributed by atoms with Crippen LogP contribution in [0.4, 0.5) is 0 Å². The van der Waals surface area contributed by atoms with E-state index in [4.69, 9.17) is 10.2 Å². The molecule has 0 spiro atoms. The van der Waals surface area contributed by atoms with E-state index in [9.17, 15) is 0 Å². The number of aliphatic hydroxyl groups is 2. The van der Waals surface area contributed by atoms with Crippen molar-refractivity contribution in [2.45, 2.75) is 20.0 Å². The molecule has 52 valence electrons. The van der Waals surface area contributed by atoms with Crippen molar-refractivity contribution in [2.24, 2.45) is 0 Å². The molecule has 0 aromatic carbocycles. The molecular weight excluding hydrogens is 104 g/mol. The molecule has 0 amide bonds. The van der Waals surface area contributed by atoms with Crippen molar-refractivity contribution >= 4 is 0 Å². The first kappa shape index (κ1) is 15.6. The van der Waals surface area contributed by atoms with Crippen molar-refractivity contribution in [1.82, 2.24) is 0 Å². The van der Waals surface area contributed by atoms with Crippen LogP contribution in [0.15, 0.2) is 13.2 Å². The molecule has 2 N–H and O–H groups in total. The van der Waals surface area contributed by atoms with E-state index >= 15 is 0 Å². The van der Waals surface area contributed by atoms with Gasteiger partial charge in [0.25, 0.3) is 0 Å². The Hall–Kier alpha value is -0.340. The van der Waals surface area contributed by atoms with Crippen LogP contribution in [0.25, 0.3) is 0 Å². The molecule has 0 saturated heterocycles. The number of aliphatic hydroxyl groups excluding tert-OH is 2. The van der Waals surface area contributed by atoms with Crippen molar-refractivity contribution in [3.8, 4) is 0 Å². The highest BCUT2D eigenvalue weighted by atomic mass is 16.3. The zero-order chi connectivity index (χ0) is 7.58. The zero-order valence-electron chi connectivity index (χ0n) is 5.89. The molecule has 0 aromatic heterocycles. The molecule has 0 aliphatic rings. The van der Waals surface area contributed by atoms with Crippen LogP contribution in [-0.2, 0) is 0 Å². The van der Waals surface area contributed by atoms with E-state index < -0.39 is 0 Å². The summed E-state index contributed by atoms with van der Waals surface area (Å²) in [7, 11) is 1.00. The number of hydrogen-bond acceptors (Lipinski definition) is 2. The van der Waals surface area contributed by atoms with E-state index in [1.165, 1.54) is 0 Å². The Morgan fingerprint density at radius 2 is 1.12 bits per heavy atom. The predicted octanol–water partition coefficient (Wildman–Crippen LogP) is 0.798. The average molecular weight is 120 g/mol. The maximum atomic E-state index is 8.06. The molecule has 0 aliphatic heterocycles. The van der Waals surface area contributed by atoms with Gasteiger partial charge in [-0.15, -0.1) is 13.2 Å². The summed E-state index contributed by atoms with van der Waals surface area (Å²) in [5, 5.41) is 15.1. The predicted molar refractivity (Wildman–Crippen MR) is 36.8 cm³/mol. The molecule has 8 heavy (non-hydrogen) atoms. The fraction of sp³-hybridized carbons (Fsp3) is 0.667. The second-order valence-electron chi connectivity index (χ2n) is 1.09. The van der Waals surface area contributed by atoms with Crippen LogP contribution in [0.2, 0.25) is 0 Å². The van der Waals surface area contributed by atoms with Crippen molar-refractivity contribution in [3.63, 3.8) is 0 Å². The standard InChI is InChI=1S/C3H8O.C2H4.CH4O/c1-3(2)4;2*1-2/h3-4H,1-2H3;1-2H2;2H,1H3. The molecule has 0 aliphatic carbocycles. The second-order valence-corrected chi connectivity index (χ2v) is 1.09. The molecule has 0 radical (unpaired) electrons. The van der Waals surface area contributed by atoms with Crippen LogP contribution in [0.5, 0.6) is 0 Å². The summed E-state index contributed by atoms with van der Waals surface area (Å²) in [5.74, 6) is 0. The van der Waals surface area contributed by atoms with E-state index in [0.717, 1.165) is 7.11 Å². The Morgan fingerprint density at radius 1 is 1.12 bits per heavy atom. The fourth-order valence-electron chi connectivity index (χ4n) is 0. The summed E-state index contributed by atoms with van der Waals surface area (Å²) in [6, 6.07) is 0. The van der Waals surface area contributed by atoms with Gasteiger partial charge in [-0.05, 0) is 13.8 Å². The molecule has 0 saturated carbocycles. The third-order valence-electron chi connectivity index (χ3n) is 0. The maximum absolute atomic E-state index is 8.06. The lowest BCUT2D eigenvalue weighted by atomic mass is 10.5. The first-order valence-corrected chi connectivity index (χ1v) is 2.36. The molecule has 0 aromatic rings. The van der Waals surface area contributed by atoms with E-state index in [-0.39, 0.29) is 6.10 Å². The van der Waals surface area contributed by atoms with E-state index in [1.807, 2.05) is 0 Å². The molecular formula is C6H16O2. The van der Waals surface area contributed by atoms with Crippen LogP contribution in [0.3, 0.4) is 0 Å². The molecule has 0 fully saturated rings. The van der Waals surface area contributed by atoms with Gasteiger partial charge >= 0.3 is 0 Å². The van der Waals surface area contributed by atoms with Crippen molar-refractivity contribution < 1.29 is 10.2 Å². The van der Waals surface area contributed by atoms with E-state index in [2.05, 4.69) is 13.2 Å². The summed E-state index contributed by atoms with van der Waals surface area (Å²) < 4.78 is 0. The van der Waals surface area contributed by atoms with Crippen LogP contribution in [0.1, 0.15) is 13.8 Å². The quantitative estimate of drug-likeness (QED) is 0.464. The minimum atomic E-state index is -0.167. The molecule has 0 unspecified atom stereocenters. The van der Waals surface area contributed by atoms with Gasteiger partial charge in [0.1, 0.15) is 0 Å².